The molecule has 0 amide bonds. The van der Waals surface area contributed by atoms with Gasteiger partial charge in [-0.25, -0.2) is 0 Å². The SMILES string of the molecule is CC(O)C1CC1CN. The Labute approximate surface area is 49.7 Å². The van der Waals surface area contributed by atoms with Gasteiger partial charge in [-0.15, -0.1) is 0 Å². The van der Waals surface area contributed by atoms with Gasteiger partial charge in [0, 0.05) is 0 Å². The molecule has 1 aliphatic rings. The van der Waals surface area contributed by atoms with E-state index in [4.69, 9.17) is 10.8 Å². The van der Waals surface area contributed by atoms with Gasteiger partial charge in [0.15, 0.2) is 0 Å². The summed E-state index contributed by atoms with van der Waals surface area (Å²) in [4.78, 5) is 0. The zero-order chi connectivity index (χ0) is 6.15. The lowest BCUT2D eigenvalue weighted by Gasteiger charge is -1.98. The van der Waals surface area contributed by atoms with E-state index in [1.807, 2.05) is 6.92 Å². The normalized spacial score (nSPS) is 39.4. The van der Waals surface area contributed by atoms with E-state index >= 15 is 0 Å². The Hall–Kier alpha value is -0.0800. The van der Waals surface area contributed by atoms with Gasteiger partial charge in [0.25, 0.3) is 0 Å². The van der Waals surface area contributed by atoms with Gasteiger partial charge in [-0.3, -0.25) is 0 Å². The molecule has 0 heterocycles. The van der Waals surface area contributed by atoms with Crippen molar-refractivity contribution in [2.75, 3.05) is 6.54 Å². The van der Waals surface area contributed by atoms with E-state index < -0.39 is 0 Å². The van der Waals surface area contributed by atoms with Crippen molar-refractivity contribution in [2.45, 2.75) is 19.4 Å². The lowest BCUT2D eigenvalue weighted by atomic mass is 10.2. The summed E-state index contributed by atoms with van der Waals surface area (Å²) in [5.41, 5.74) is 5.35. The molecule has 3 unspecified atom stereocenters. The summed E-state index contributed by atoms with van der Waals surface area (Å²) < 4.78 is 0. The second-order valence-electron chi connectivity index (χ2n) is 2.64. The highest BCUT2D eigenvalue weighted by molar-refractivity contribution is 4.89. The first-order valence-corrected chi connectivity index (χ1v) is 3.14. The number of hydrogen-bond acceptors (Lipinski definition) is 2. The molecule has 3 atom stereocenters. The Morgan fingerprint density at radius 3 is 2.62 bits per heavy atom. The third kappa shape index (κ3) is 1.01. The maximum absolute atomic E-state index is 8.94. The van der Waals surface area contributed by atoms with E-state index in [0.717, 1.165) is 13.0 Å². The van der Waals surface area contributed by atoms with Gasteiger partial charge < -0.3 is 10.8 Å². The lowest BCUT2D eigenvalue weighted by Crippen LogP contribution is -2.09. The van der Waals surface area contributed by atoms with Crippen LogP contribution in [0.3, 0.4) is 0 Å². The van der Waals surface area contributed by atoms with Crippen LogP contribution in [0, 0.1) is 11.8 Å². The molecule has 0 aromatic heterocycles. The van der Waals surface area contributed by atoms with Gasteiger partial charge in [-0.2, -0.15) is 0 Å². The molecule has 8 heavy (non-hydrogen) atoms. The van der Waals surface area contributed by atoms with Crippen LogP contribution in [0.5, 0.6) is 0 Å². The fourth-order valence-electron chi connectivity index (χ4n) is 1.13. The third-order valence-electron chi connectivity index (χ3n) is 1.90. The summed E-state index contributed by atoms with van der Waals surface area (Å²) in [5, 5.41) is 8.94. The molecular weight excluding hydrogens is 102 g/mol. The first kappa shape index (κ1) is 6.05. The van der Waals surface area contributed by atoms with E-state index in [1.54, 1.807) is 0 Å². The molecule has 0 aromatic rings. The highest BCUT2D eigenvalue weighted by Gasteiger charge is 2.38. The van der Waals surface area contributed by atoms with Crippen molar-refractivity contribution in [1.82, 2.24) is 0 Å². The summed E-state index contributed by atoms with van der Waals surface area (Å²) in [7, 11) is 0. The fourth-order valence-corrected chi connectivity index (χ4v) is 1.13. The van der Waals surface area contributed by atoms with Crippen LogP contribution in [0.1, 0.15) is 13.3 Å². The maximum atomic E-state index is 8.94. The Kier molecular flexibility index (Phi) is 1.54. The number of hydrogen-bond donors (Lipinski definition) is 2. The molecule has 2 nitrogen and oxygen atoms in total. The van der Waals surface area contributed by atoms with Gasteiger partial charge in [0.2, 0.25) is 0 Å². The number of rotatable bonds is 2. The number of nitrogens with two attached hydrogens (primary N) is 1. The minimum Gasteiger partial charge on any atom is -0.393 e. The van der Waals surface area contributed by atoms with E-state index in [1.165, 1.54) is 0 Å². The topological polar surface area (TPSA) is 46.2 Å². The summed E-state index contributed by atoms with van der Waals surface area (Å²) in [6.07, 6.45) is 0.997. The van der Waals surface area contributed by atoms with Crippen LogP contribution in [0.4, 0.5) is 0 Å². The minimum absolute atomic E-state index is 0.136. The molecule has 1 rings (SSSR count). The Morgan fingerprint density at radius 2 is 2.50 bits per heavy atom. The third-order valence-corrected chi connectivity index (χ3v) is 1.90. The Morgan fingerprint density at radius 1 is 1.88 bits per heavy atom. The van der Waals surface area contributed by atoms with Crippen molar-refractivity contribution in [2.24, 2.45) is 17.6 Å². The van der Waals surface area contributed by atoms with Gasteiger partial charge >= 0.3 is 0 Å². The van der Waals surface area contributed by atoms with Crippen molar-refractivity contribution in [3.05, 3.63) is 0 Å². The Bertz CT molecular complexity index is 82.6. The fraction of sp³-hybridized carbons (Fsp3) is 1.00. The van der Waals surface area contributed by atoms with Crippen LogP contribution in [-0.2, 0) is 0 Å². The first-order chi connectivity index (χ1) is 3.75. The van der Waals surface area contributed by atoms with Gasteiger partial charge in [-0.1, -0.05) is 0 Å². The van der Waals surface area contributed by atoms with Crippen molar-refractivity contribution < 1.29 is 5.11 Å². The highest BCUT2D eigenvalue weighted by atomic mass is 16.3. The molecule has 1 aliphatic carbocycles. The monoisotopic (exact) mass is 115 g/mol. The molecule has 1 fully saturated rings. The molecule has 2 heteroatoms. The largest absolute Gasteiger partial charge is 0.393 e. The van der Waals surface area contributed by atoms with E-state index in [-0.39, 0.29) is 6.10 Å². The van der Waals surface area contributed by atoms with E-state index in [2.05, 4.69) is 0 Å². The predicted molar refractivity (Wildman–Crippen MR) is 32.3 cm³/mol. The zero-order valence-electron chi connectivity index (χ0n) is 5.17. The van der Waals surface area contributed by atoms with Gasteiger partial charge in [0.1, 0.15) is 0 Å². The Balaban J connectivity index is 2.16. The predicted octanol–water partition coefficient (Wildman–Crippen LogP) is -0.0380. The quantitative estimate of drug-likeness (QED) is 0.530. The molecule has 0 bridgehead atoms. The van der Waals surface area contributed by atoms with Crippen LogP contribution in [0.25, 0.3) is 0 Å². The average molecular weight is 115 g/mol. The smallest absolute Gasteiger partial charge is 0.0543 e. The van der Waals surface area contributed by atoms with E-state index in [9.17, 15) is 0 Å². The summed E-state index contributed by atoms with van der Waals surface area (Å²) in [6, 6.07) is 0. The molecule has 48 valence electrons. The molecule has 1 saturated carbocycles. The van der Waals surface area contributed by atoms with Gasteiger partial charge in [0.05, 0.1) is 6.10 Å². The molecule has 0 aliphatic heterocycles. The lowest BCUT2D eigenvalue weighted by molar-refractivity contribution is 0.165. The van der Waals surface area contributed by atoms with Gasteiger partial charge in [-0.05, 0) is 31.7 Å². The standard InChI is InChI=1S/C6H13NO/c1-4(8)6-2-5(6)3-7/h4-6,8H,2-3,7H2,1H3. The second kappa shape index (κ2) is 2.03. The minimum atomic E-state index is -0.136. The van der Waals surface area contributed by atoms with Crippen molar-refractivity contribution in [1.29, 1.82) is 0 Å². The van der Waals surface area contributed by atoms with Crippen molar-refractivity contribution in [3.63, 3.8) is 0 Å². The molecule has 0 saturated heterocycles. The molecule has 0 radical (unpaired) electrons. The van der Waals surface area contributed by atoms with Crippen molar-refractivity contribution in [3.8, 4) is 0 Å². The summed E-state index contributed by atoms with van der Waals surface area (Å²) >= 11 is 0. The molecule has 3 N–H and O–H groups in total. The first-order valence-electron chi connectivity index (χ1n) is 3.14. The zero-order valence-corrected chi connectivity index (χ0v) is 5.17. The van der Waals surface area contributed by atoms with Crippen LogP contribution in [0.15, 0.2) is 0 Å². The maximum Gasteiger partial charge on any atom is 0.0543 e. The number of aliphatic hydroxyl groups excluding tert-OH is 1. The summed E-state index contributed by atoms with van der Waals surface area (Å²) in [6.45, 7) is 2.58. The number of aliphatic hydroxyl groups is 1. The van der Waals surface area contributed by atoms with E-state index in [0.29, 0.717) is 11.8 Å². The molecular formula is C6H13NO. The van der Waals surface area contributed by atoms with Crippen LogP contribution in [-0.4, -0.2) is 17.8 Å². The molecule has 0 aromatic carbocycles. The van der Waals surface area contributed by atoms with Crippen LogP contribution < -0.4 is 5.73 Å². The average Bonchev–Trinajstić information content (AvgIpc) is 2.42. The van der Waals surface area contributed by atoms with Crippen LogP contribution in [0.2, 0.25) is 0 Å². The van der Waals surface area contributed by atoms with Crippen molar-refractivity contribution >= 4 is 0 Å². The molecule has 0 spiro atoms. The highest BCUT2D eigenvalue weighted by Crippen LogP contribution is 2.39. The second-order valence-corrected chi connectivity index (χ2v) is 2.64. The summed E-state index contributed by atoms with van der Waals surface area (Å²) in [5.74, 6) is 1.13. The van der Waals surface area contributed by atoms with Crippen LogP contribution >= 0.6 is 0 Å².